The van der Waals surface area contributed by atoms with E-state index in [9.17, 15) is 0 Å². The second-order valence-corrected chi connectivity index (χ2v) is 5.40. The Bertz CT molecular complexity index is 370. The van der Waals surface area contributed by atoms with Gasteiger partial charge in [0.05, 0.1) is 5.69 Å². The van der Waals surface area contributed by atoms with Crippen molar-refractivity contribution in [1.29, 1.82) is 0 Å². The Morgan fingerprint density at radius 2 is 2.00 bits per heavy atom. The fraction of sp³-hybridized carbons (Fsp3) is 0.667. The third-order valence-corrected chi connectivity index (χ3v) is 3.98. The average Bonchev–Trinajstić information content (AvgIpc) is 2.37. The molecule has 1 fully saturated rings. The molecule has 2 N–H and O–H groups in total. The number of nitrogens with two attached hydrogens (primary N) is 1. The molecule has 1 aliphatic rings. The standard InChI is InChI=1S/C15H25N3/c1-3-18(15-9-7-13(16)8-10-15)11-14-6-4-5-12(2)17-14/h4-6,13,15H,3,7-11,16H2,1-2H3. The molecule has 100 valence electrons. The van der Waals surface area contributed by atoms with E-state index in [0.717, 1.165) is 18.8 Å². The van der Waals surface area contributed by atoms with Gasteiger partial charge in [-0.3, -0.25) is 9.88 Å². The first-order valence-corrected chi connectivity index (χ1v) is 7.11. The number of aryl methyl sites for hydroxylation is 1. The zero-order valence-corrected chi connectivity index (χ0v) is 11.6. The number of nitrogens with zero attached hydrogens (tertiary/aromatic N) is 2. The van der Waals surface area contributed by atoms with Gasteiger partial charge in [-0.15, -0.1) is 0 Å². The summed E-state index contributed by atoms with van der Waals surface area (Å²) in [6.07, 6.45) is 4.81. The fourth-order valence-corrected chi connectivity index (χ4v) is 2.86. The van der Waals surface area contributed by atoms with Crippen molar-refractivity contribution in [2.24, 2.45) is 5.73 Å². The van der Waals surface area contributed by atoms with Crippen molar-refractivity contribution in [2.75, 3.05) is 6.54 Å². The molecule has 0 aromatic carbocycles. The summed E-state index contributed by atoms with van der Waals surface area (Å²) >= 11 is 0. The lowest BCUT2D eigenvalue weighted by Gasteiger charge is -2.35. The van der Waals surface area contributed by atoms with Gasteiger partial charge in [0, 0.05) is 24.3 Å². The van der Waals surface area contributed by atoms with Gasteiger partial charge in [0.25, 0.3) is 0 Å². The highest BCUT2D eigenvalue weighted by Gasteiger charge is 2.23. The smallest absolute Gasteiger partial charge is 0.0547 e. The summed E-state index contributed by atoms with van der Waals surface area (Å²) in [7, 11) is 0. The summed E-state index contributed by atoms with van der Waals surface area (Å²) in [6, 6.07) is 7.40. The van der Waals surface area contributed by atoms with Crippen molar-refractivity contribution in [3.8, 4) is 0 Å². The number of rotatable bonds is 4. The minimum Gasteiger partial charge on any atom is -0.328 e. The molecule has 2 rings (SSSR count). The highest BCUT2D eigenvalue weighted by atomic mass is 15.2. The molecule has 3 heteroatoms. The third kappa shape index (κ3) is 3.53. The van der Waals surface area contributed by atoms with Gasteiger partial charge >= 0.3 is 0 Å². The lowest BCUT2D eigenvalue weighted by atomic mass is 9.90. The normalized spacial score (nSPS) is 24.4. The van der Waals surface area contributed by atoms with E-state index < -0.39 is 0 Å². The Morgan fingerprint density at radius 1 is 1.28 bits per heavy atom. The van der Waals surface area contributed by atoms with E-state index in [2.05, 4.69) is 41.9 Å². The largest absolute Gasteiger partial charge is 0.328 e. The second kappa shape index (κ2) is 6.30. The van der Waals surface area contributed by atoms with Crippen molar-refractivity contribution >= 4 is 0 Å². The number of aromatic nitrogens is 1. The summed E-state index contributed by atoms with van der Waals surface area (Å²) in [4.78, 5) is 7.15. The second-order valence-electron chi connectivity index (χ2n) is 5.40. The quantitative estimate of drug-likeness (QED) is 0.889. The zero-order chi connectivity index (χ0) is 13.0. The van der Waals surface area contributed by atoms with E-state index in [-0.39, 0.29) is 0 Å². The Hall–Kier alpha value is -0.930. The van der Waals surface area contributed by atoms with Crippen LogP contribution in [0, 0.1) is 6.92 Å². The van der Waals surface area contributed by atoms with Gasteiger partial charge in [-0.05, 0) is 51.3 Å². The van der Waals surface area contributed by atoms with Crippen LogP contribution in [-0.2, 0) is 6.54 Å². The minimum atomic E-state index is 0.428. The molecular formula is C15H25N3. The molecule has 1 saturated carbocycles. The van der Waals surface area contributed by atoms with Crippen molar-refractivity contribution in [3.63, 3.8) is 0 Å². The van der Waals surface area contributed by atoms with Crippen molar-refractivity contribution < 1.29 is 0 Å². The summed E-state index contributed by atoms with van der Waals surface area (Å²) < 4.78 is 0. The molecule has 0 amide bonds. The Balaban J connectivity index is 1.96. The minimum absolute atomic E-state index is 0.428. The molecule has 0 radical (unpaired) electrons. The number of hydrogen-bond acceptors (Lipinski definition) is 3. The van der Waals surface area contributed by atoms with E-state index >= 15 is 0 Å². The highest BCUT2D eigenvalue weighted by molar-refractivity contribution is 5.10. The van der Waals surface area contributed by atoms with Crippen LogP contribution in [0.25, 0.3) is 0 Å². The summed E-state index contributed by atoms with van der Waals surface area (Å²) in [6.45, 7) is 6.36. The Kier molecular flexibility index (Phi) is 4.72. The SMILES string of the molecule is CCN(Cc1cccc(C)n1)C1CCC(N)CC1. The predicted molar refractivity (Wildman–Crippen MR) is 75.3 cm³/mol. The molecule has 0 spiro atoms. The van der Waals surface area contributed by atoms with E-state index in [0.29, 0.717) is 12.1 Å². The molecule has 0 aliphatic heterocycles. The lowest BCUT2D eigenvalue weighted by Crippen LogP contribution is -2.40. The summed E-state index contributed by atoms with van der Waals surface area (Å²) in [5.74, 6) is 0. The Labute approximate surface area is 110 Å². The zero-order valence-electron chi connectivity index (χ0n) is 11.6. The van der Waals surface area contributed by atoms with Crippen LogP contribution in [-0.4, -0.2) is 28.5 Å². The molecule has 0 atom stereocenters. The average molecular weight is 247 g/mol. The van der Waals surface area contributed by atoms with Crippen molar-refractivity contribution in [1.82, 2.24) is 9.88 Å². The molecule has 3 nitrogen and oxygen atoms in total. The van der Waals surface area contributed by atoms with Crippen LogP contribution in [0.1, 0.15) is 44.0 Å². The first-order valence-electron chi connectivity index (χ1n) is 7.11. The van der Waals surface area contributed by atoms with Crippen molar-refractivity contribution in [3.05, 3.63) is 29.6 Å². The fourth-order valence-electron chi connectivity index (χ4n) is 2.86. The van der Waals surface area contributed by atoms with Gasteiger partial charge in [-0.2, -0.15) is 0 Å². The van der Waals surface area contributed by atoms with Gasteiger partial charge < -0.3 is 5.73 Å². The Morgan fingerprint density at radius 3 is 2.61 bits per heavy atom. The highest BCUT2D eigenvalue weighted by Crippen LogP contribution is 2.23. The predicted octanol–water partition coefficient (Wildman–Crippen LogP) is 2.48. The van der Waals surface area contributed by atoms with E-state index in [1.165, 1.54) is 31.4 Å². The van der Waals surface area contributed by atoms with Gasteiger partial charge in [-0.25, -0.2) is 0 Å². The molecular weight excluding hydrogens is 222 g/mol. The van der Waals surface area contributed by atoms with Crippen molar-refractivity contribution in [2.45, 2.75) is 58.2 Å². The van der Waals surface area contributed by atoms with Gasteiger partial charge in [0.2, 0.25) is 0 Å². The third-order valence-electron chi connectivity index (χ3n) is 3.98. The summed E-state index contributed by atoms with van der Waals surface area (Å²) in [5, 5.41) is 0. The number of hydrogen-bond donors (Lipinski definition) is 1. The van der Waals surface area contributed by atoms with Crippen LogP contribution in [0.2, 0.25) is 0 Å². The van der Waals surface area contributed by atoms with E-state index in [1.807, 2.05) is 0 Å². The van der Waals surface area contributed by atoms with E-state index in [1.54, 1.807) is 0 Å². The molecule has 0 saturated heterocycles. The topological polar surface area (TPSA) is 42.2 Å². The van der Waals surface area contributed by atoms with Crippen LogP contribution in [0.5, 0.6) is 0 Å². The molecule has 0 bridgehead atoms. The maximum atomic E-state index is 5.98. The van der Waals surface area contributed by atoms with Gasteiger partial charge in [0.15, 0.2) is 0 Å². The maximum Gasteiger partial charge on any atom is 0.0547 e. The van der Waals surface area contributed by atoms with Crippen LogP contribution in [0.4, 0.5) is 0 Å². The van der Waals surface area contributed by atoms with Gasteiger partial charge in [-0.1, -0.05) is 13.0 Å². The first kappa shape index (κ1) is 13.5. The molecule has 0 unspecified atom stereocenters. The van der Waals surface area contributed by atoms with Crippen LogP contribution >= 0.6 is 0 Å². The molecule has 18 heavy (non-hydrogen) atoms. The first-order chi connectivity index (χ1) is 8.69. The van der Waals surface area contributed by atoms with Crippen LogP contribution in [0.3, 0.4) is 0 Å². The number of pyridine rings is 1. The molecule has 1 aromatic heterocycles. The van der Waals surface area contributed by atoms with E-state index in [4.69, 9.17) is 5.73 Å². The molecule has 1 heterocycles. The maximum absolute atomic E-state index is 5.98. The lowest BCUT2D eigenvalue weighted by molar-refractivity contribution is 0.147. The molecule has 1 aromatic rings. The molecule has 1 aliphatic carbocycles. The van der Waals surface area contributed by atoms with Crippen LogP contribution < -0.4 is 5.73 Å². The summed E-state index contributed by atoms with van der Waals surface area (Å²) in [5.41, 5.74) is 8.27. The van der Waals surface area contributed by atoms with Crippen LogP contribution in [0.15, 0.2) is 18.2 Å². The van der Waals surface area contributed by atoms with Gasteiger partial charge in [0.1, 0.15) is 0 Å². The monoisotopic (exact) mass is 247 g/mol.